The molecule has 2 aliphatic carbocycles. The average molecular weight is 1190 g/mol. The number of rotatable bonds is 7. The van der Waals surface area contributed by atoms with Crippen LogP contribution in [0.1, 0.15) is 0 Å². The minimum absolute atomic E-state index is 0.552. The van der Waals surface area contributed by atoms with Crippen LogP contribution in [0.4, 0.5) is 0 Å². The lowest BCUT2D eigenvalue weighted by molar-refractivity contribution is 0.893. The monoisotopic (exact) mass is 1190 g/mol. The molecule has 8 heteroatoms. The Balaban J connectivity index is 0.735. The summed E-state index contributed by atoms with van der Waals surface area (Å²) in [5, 5.41) is 16.6. The van der Waals surface area contributed by atoms with E-state index in [1.807, 2.05) is 36.4 Å². The minimum Gasteiger partial charge on any atom is -0.278 e. The molecule has 0 saturated carbocycles. The van der Waals surface area contributed by atoms with Crippen LogP contribution in [0.3, 0.4) is 0 Å². The molecule has 2 aliphatic rings. The molecule has 0 radical (unpaired) electrons. The van der Waals surface area contributed by atoms with Crippen molar-refractivity contribution in [3.05, 3.63) is 291 Å². The highest BCUT2D eigenvalue weighted by molar-refractivity contribution is 6.32. The maximum Gasteiger partial charge on any atom is 0.240 e. The molecule has 8 nitrogen and oxygen atoms in total. The smallest absolute Gasteiger partial charge is 0.240 e. The molecule has 15 aromatic carbocycles. The third-order valence-electron chi connectivity index (χ3n) is 19.9. The standard InChI is InChI=1S/C86H48N8/c1-3-20-49(21-4-1)81-87-82(50-22-5-2-6-23-50)89-84(88-81)66-44-45-68-76-63(66)32-19-33-67(76)78-62-31-10-9-26-56(62)69-46-52(38-41-65(69)79(68)78)54-42-43-64-57-40-39-53(48-71(57)77-55-25-8-7-24-51(55)47-70(54)80(64)77)83-90-85(93-72-34-15-11-27-58(72)59-28-12-16-35-73(59)93)92-86(91-83)94-74-36-17-13-29-60(74)61-30-14-18-37-75(61)94/h1-48H. The Morgan fingerprint density at radius 3 is 1.28 bits per heavy atom. The van der Waals surface area contributed by atoms with E-state index in [1.165, 1.54) is 93.0 Å². The van der Waals surface area contributed by atoms with E-state index in [-0.39, 0.29) is 0 Å². The number of benzene rings is 15. The maximum absolute atomic E-state index is 5.51. The first-order valence-corrected chi connectivity index (χ1v) is 31.9. The van der Waals surface area contributed by atoms with Crippen molar-refractivity contribution >= 4 is 97.5 Å². The fourth-order valence-electron chi connectivity index (χ4n) is 15.9. The Kier molecular flexibility index (Phi) is 10.5. The molecule has 0 saturated heterocycles. The van der Waals surface area contributed by atoms with Crippen LogP contribution in [0.15, 0.2) is 291 Å². The third kappa shape index (κ3) is 7.21. The topological polar surface area (TPSA) is 87.2 Å². The van der Waals surface area contributed by atoms with Crippen LogP contribution in [0.5, 0.6) is 0 Å². The molecule has 0 spiro atoms. The summed E-state index contributed by atoms with van der Waals surface area (Å²) in [7, 11) is 0. The molecule has 19 aromatic rings. The fourth-order valence-corrected chi connectivity index (χ4v) is 15.9. The predicted molar refractivity (Wildman–Crippen MR) is 385 cm³/mol. The van der Waals surface area contributed by atoms with Gasteiger partial charge in [-0.25, -0.2) is 15.0 Å². The van der Waals surface area contributed by atoms with Gasteiger partial charge < -0.3 is 0 Å². The Morgan fingerprint density at radius 2 is 0.649 bits per heavy atom. The minimum atomic E-state index is 0.552. The largest absolute Gasteiger partial charge is 0.278 e. The summed E-state index contributed by atoms with van der Waals surface area (Å²) in [5.41, 5.74) is 20.0. The van der Waals surface area contributed by atoms with Gasteiger partial charge in [-0.2, -0.15) is 15.0 Å². The van der Waals surface area contributed by atoms with Crippen molar-refractivity contribution in [2.24, 2.45) is 0 Å². The fraction of sp³-hybridized carbons (Fsp3) is 0. The molecule has 4 aromatic heterocycles. The number of fused-ring (bicyclic) bond motifs is 19. The summed E-state index contributed by atoms with van der Waals surface area (Å²) >= 11 is 0. The average Bonchev–Trinajstić information content (AvgIpc) is 1.56. The molecule has 4 heterocycles. The summed E-state index contributed by atoms with van der Waals surface area (Å²) in [6, 6.07) is 105. The zero-order valence-corrected chi connectivity index (χ0v) is 50.3. The van der Waals surface area contributed by atoms with E-state index in [2.05, 4.69) is 264 Å². The van der Waals surface area contributed by atoms with Crippen LogP contribution in [0, 0.1) is 0 Å². The third-order valence-corrected chi connectivity index (χ3v) is 19.9. The summed E-state index contributed by atoms with van der Waals surface area (Å²) in [4.78, 5) is 32.0. The van der Waals surface area contributed by atoms with Crippen LogP contribution in [-0.4, -0.2) is 39.0 Å². The number of aromatic nitrogens is 8. The lowest BCUT2D eigenvalue weighted by Crippen LogP contribution is -2.10. The summed E-state index contributed by atoms with van der Waals surface area (Å²) in [6.45, 7) is 0. The number of para-hydroxylation sites is 4. The number of nitrogens with zero attached hydrogens (tertiary/aromatic N) is 8. The number of hydrogen-bond donors (Lipinski definition) is 0. The molecule has 0 amide bonds. The highest BCUT2D eigenvalue weighted by Crippen LogP contribution is 2.57. The van der Waals surface area contributed by atoms with Crippen LogP contribution in [-0.2, 0) is 0 Å². The van der Waals surface area contributed by atoms with Crippen LogP contribution in [0.25, 0.3) is 211 Å². The number of hydrogen-bond acceptors (Lipinski definition) is 6. The second kappa shape index (κ2) is 19.4. The Labute approximate surface area is 537 Å². The van der Waals surface area contributed by atoms with Crippen molar-refractivity contribution in [1.29, 1.82) is 0 Å². The van der Waals surface area contributed by atoms with Crippen molar-refractivity contribution < 1.29 is 0 Å². The van der Waals surface area contributed by atoms with Crippen molar-refractivity contribution in [3.63, 3.8) is 0 Å². The molecule has 21 rings (SSSR count). The van der Waals surface area contributed by atoms with Gasteiger partial charge in [-0.1, -0.05) is 243 Å². The first-order chi connectivity index (χ1) is 46.6. The van der Waals surface area contributed by atoms with Crippen LogP contribution >= 0.6 is 0 Å². The molecule has 0 atom stereocenters. The van der Waals surface area contributed by atoms with E-state index in [0.717, 1.165) is 82.4 Å². The normalized spacial score (nSPS) is 12.3. The summed E-state index contributed by atoms with van der Waals surface area (Å²) in [6.07, 6.45) is 0. The van der Waals surface area contributed by atoms with Gasteiger partial charge in [0.25, 0.3) is 0 Å². The van der Waals surface area contributed by atoms with E-state index < -0.39 is 0 Å². The zero-order chi connectivity index (χ0) is 61.3. The first kappa shape index (κ1) is 51.0. The molecule has 0 unspecified atom stereocenters. The molecular formula is C86H48N8. The van der Waals surface area contributed by atoms with Gasteiger partial charge in [0.05, 0.1) is 22.1 Å². The highest BCUT2D eigenvalue weighted by atomic mass is 15.3. The highest BCUT2D eigenvalue weighted by Gasteiger charge is 2.31. The lowest BCUT2D eigenvalue weighted by Gasteiger charge is -2.16. The first-order valence-electron chi connectivity index (χ1n) is 31.9. The van der Waals surface area contributed by atoms with Crippen LogP contribution in [0.2, 0.25) is 0 Å². The van der Waals surface area contributed by atoms with Gasteiger partial charge in [-0.15, -0.1) is 0 Å². The summed E-state index contributed by atoms with van der Waals surface area (Å²) < 4.78 is 4.40. The molecular weight excluding hydrogens is 1150 g/mol. The quantitative estimate of drug-likeness (QED) is 0.117. The molecule has 94 heavy (non-hydrogen) atoms. The van der Waals surface area contributed by atoms with E-state index in [0.29, 0.717) is 35.2 Å². The SMILES string of the molecule is c1ccc(-c2nc(-c3ccccc3)nc(-c3ccc4c5c(cccc35)-c3c-4c4ccc(-c5ccc6c7c(c8ccccc8cc57)-c5cc(-c7nc(-n8c9ccccc9c9ccccc98)nc(-n8c9ccccc9c9ccccc98)n7)ccc5-6)cc4c4ccccc34)n2)cc1. The maximum atomic E-state index is 5.51. The van der Waals surface area contributed by atoms with E-state index in [9.17, 15) is 0 Å². The Bertz CT molecular complexity index is 6250. The van der Waals surface area contributed by atoms with Gasteiger partial charge in [0.2, 0.25) is 11.9 Å². The Hall–Kier alpha value is -12.8. The second-order valence-corrected chi connectivity index (χ2v) is 24.8. The van der Waals surface area contributed by atoms with Crippen molar-refractivity contribution in [2.75, 3.05) is 0 Å². The van der Waals surface area contributed by atoms with E-state index in [4.69, 9.17) is 29.9 Å². The van der Waals surface area contributed by atoms with Gasteiger partial charge in [0.1, 0.15) is 0 Å². The van der Waals surface area contributed by atoms with Crippen molar-refractivity contribution in [1.82, 2.24) is 39.0 Å². The lowest BCUT2D eigenvalue weighted by atomic mass is 9.87. The van der Waals surface area contributed by atoms with Crippen LogP contribution < -0.4 is 0 Å². The van der Waals surface area contributed by atoms with Gasteiger partial charge in [-0.3, -0.25) is 9.13 Å². The van der Waals surface area contributed by atoms with Crippen molar-refractivity contribution in [3.8, 4) is 113 Å². The van der Waals surface area contributed by atoms with Gasteiger partial charge in [0, 0.05) is 43.8 Å². The molecule has 0 fully saturated rings. The zero-order valence-electron chi connectivity index (χ0n) is 50.3. The Morgan fingerprint density at radius 1 is 0.191 bits per heavy atom. The predicted octanol–water partition coefficient (Wildman–Crippen LogP) is 21.6. The molecule has 432 valence electrons. The molecule has 0 aliphatic heterocycles. The van der Waals surface area contributed by atoms with Crippen molar-refractivity contribution in [2.45, 2.75) is 0 Å². The van der Waals surface area contributed by atoms with E-state index >= 15 is 0 Å². The van der Waals surface area contributed by atoms with Gasteiger partial charge in [0.15, 0.2) is 23.3 Å². The molecule has 0 bridgehead atoms. The molecule has 0 N–H and O–H groups in total. The second-order valence-electron chi connectivity index (χ2n) is 24.8. The van der Waals surface area contributed by atoms with Gasteiger partial charge >= 0.3 is 0 Å². The summed E-state index contributed by atoms with van der Waals surface area (Å²) in [5.74, 6) is 3.62. The van der Waals surface area contributed by atoms with E-state index in [1.54, 1.807) is 0 Å². The van der Waals surface area contributed by atoms with Gasteiger partial charge in [-0.05, 0) is 158 Å².